The van der Waals surface area contributed by atoms with E-state index in [1.54, 1.807) is 18.5 Å². The van der Waals surface area contributed by atoms with Crippen molar-refractivity contribution in [1.29, 1.82) is 0 Å². The molecule has 0 bridgehead atoms. The maximum absolute atomic E-state index is 11.1. The Balaban J connectivity index is 1.61. The summed E-state index contributed by atoms with van der Waals surface area (Å²) in [5.74, 6) is 0.262. The Morgan fingerprint density at radius 3 is 2.86 bits per heavy atom. The van der Waals surface area contributed by atoms with Crippen molar-refractivity contribution in [2.45, 2.75) is 58.9 Å². The monoisotopic (exact) mass is 476 g/mol. The molecule has 0 saturated carbocycles. The van der Waals surface area contributed by atoms with Crippen molar-refractivity contribution in [3.05, 3.63) is 42.4 Å². The van der Waals surface area contributed by atoms with E-state index in [1.165, 1.54) is 4.68 Å². The Morgan fingerprint density at radius 2 is 2.11 bits per heavy atom. The summed E-state index contributed by atoms with van der Waals surface area (Å²) < 4.78 is 15.3. The summed E-state index contributed by atoms with van der Waals surface area (Å²) in [7, 11) is 0. The molecule has 4 aromatic rings. The van der Waals surface area contributed by atoms with Gasteiger partial charge in [0.2, 0.25) is 0 Å². The van der Waals surface area contributed by atoms with Crippen molar-refractivity contribution >= 4 is 16.9 Å². The molecule has 35 heavy (non-hydrogen) atoms. The van der Waals surface area contributed by atoms with E-state index in [0.717, 1.165) is 41.5 Å². The second kappa shape index (κ2) is 9.46. The Labute approximate surface area is 202 Å². The van der Waals surface area contributed by atoms with Crippen molar-refractivity contribution in [1.82, 2.24) is 29.5 Å². The molecule has 1 atom stereocenters. The number of fused-ring (bicyclic) bond motifs is 1. The van der Waals surface area contributed by atoms with Crippen LogP contribution in [-0.4, -0.2) is 53.3 Å². The molecule has 1 aliphatic rings. The SMILES string of the molecule is Cc1nn(CC(=O)O)cc1-c1ccnc(-c2nn(C3CCCCO3)c3ccc(OC(C)C)cc23)n1. The van der Waals surface area contributed by atoms with E-state index in [0.29, 0.717) is 29.5 Å². The van der Waals surface area contributed by atoms with E-state index in [4.69, 9.17) is 24.7 Å². The van der Waals surface area contributed by atoms with Gasteiger partial charge >= 0.3 is 5.97 Å². The summed E-state index contributed by atoms with van der Waals surface area (Å²) >= 11 is 0. The molecule has 1 fully saturated rings. The van der Waals surface area contributed by atoms with Crippen LogP contribution >= 0.6 is 0 Å². The first-order valence-electron chi connectivity index (χ1n) is 11.8. The van der Waals surface area contributed by atoms with Gasteiger partial charge in [-0.1, -0.05) is 0 Å². The topological polar surface area (TPSA) is 117 Å². The predicted molar refractivity (Wildman–Crippen MR) is 129 cm³/mol. The van der Waals surface area contributed by atoms with Crippen LogP contribution in [0.2, 0.25) is 0 Å². The van der Waals surface area contributed by atoms with Gasteiger partial charge in [0.25, 0.3) is 0 Å². The molecule has 1 unspecified atom stereocenters. The number of hydrogen-bond acceptors (Lipinski definition) is 7. The Kier molecular flexibility index (Phi) is 6.21. The smallest absolute Gasteiger partial charge is 0.325 e. The highest BCUT2D eigenvalue weighted by Crippen LogP contribution is 2.34. The molecule has 3 aromatic heterocycles. The highest BCUT2D eigenvalue weighted by Gasteiger charge is 2.24. The number of rotatable bonds is 7. The lowest BCUT2D eigenvalue weighted by molar-refractivity contribution is -0.137. The first-order valence-corrected chi connectivity index (χ1v) is 11.8. The summed E-state index contributed by atoms with van der Waals surface area (Å²) in [6.07, 6.45) is 6.30. The lowest BCUT2D eigenvalue weighted by atomic mass is 10.1. The lowest BCUT2D eigenvalue weighted by Crippen LogP contribution is -2.19. The summed E-state index contributed by atoms with van der Waals surface area (Å²) in [4.78, 5) is 20.4. The molecular weight excluding hydrogens is 448 g/mol. The fraction of sp³-hybridized carbons (Fsp3) is 0.400. The van der Waals surface area contributed by atoms with Crippen LogP contribution in [0.4, 0.5) is 0 Å². The molecule has 5 rings (SSSR count). The van der Waals surface area contributed by atoms with Gasteiger partial charge in [-0.05, 0) is 64.3 Å². The van der Waals surface area contributed by atoms with Gasteiger partial charge in [-0.3, -0.25) is 9.48 Å². The van der Waals surface area contributed by atoms with Crippen molar-refractivity contribution in [2.75, 3.05) is 6.61 Å². The molecule has 1 aliphatic heterocycles. The number of nitrogens with zero attached hydrogens (tertiary/aromatic N) is 6. The minimum absolute atomic E-state index is 0.0394. The van der Waals surface area contributed by atoms with Crippen LogP contribution in [0.25, 0.3) is 33.7 Å². The van der Waals surface area contributed by atoms with Crippen LogP contribution in [-0.2, 0) is 16.1 Å². The Bertz CT molecular complexity index is 1370. The zero-order chi connectivity index (χ0) is 24.5. The van der Waals surface area contributed by atoms with Crippen LogP contribution < -0.4 is 4.74 Å². The zero-order valence-corrected chi connectivity index (χ0v) is 20.0. The largest absolute Gasteiger partial charge is 0.491 e. The minimum Gasteiger partial charge on any atom is -0.491 e. The molecule has 10 nitrogen and oxygen atoms in total. The summed E-state index contributed by atoms with van der Waals surface area (Å²) in [5.41, 5.74) is 3.66. The zero-order valence-electron chi connectivity index (χ0n) is 20.0. The van der Waals surface area contributed by atoms with Gasteiger partial charge in [0.05, 0.1) is 23.0 Å². The molecule has 0 aliphatic carbocycles. The van der Waals surface area contributed by atoms with E-state index in [2.05, 4.69) is 10.1 Å². The molecule has 0 amide bonds. The second-order valence-corrected chi connectivity index (χ2v) is 8.94. The molecule has 4 heterocycles. The van der Waals surface area contributed by atoms with Gasteiger partial charge in [-0.25, -0.2) is 14.6 Å². The number of ether oxygens (including phenoxy) is 2. The molecule has 1 N–H and O–H groups in total. The number of carbonyl (C=O) groups is 1. The number of carboxylic acids is 1. The quantitative estimate of drug-likeness (QED) is 0.421. The van der Waals surface area contributed by atoms with Crippen molar-refractivity contribution in [2.24, 2.45) is 0 Å². The number of aryl methyl sites for hydroxylation is 1. The number of benzene rings is 1. The number of carboxylic acid groups (broad SMARTS) is 1. The normalized spacial score (nSPS) is 16.2. The third-order valence-electron chi connectivity index (χ3n) is 5.86. The Hall–Kier alpha value is -3.79. The number of hydrogen-bond donors (Lipinski definition) is 1. The first kappa shape index (κ1) is 23.0. The number of aromatic nitrogens is 6. The van der Waals surface area contributed by atoms with E-state index in [9.17, 15) is 4.79 Å². The predicted octanol–water partition coefficient (Wildman–Crippen LogP) is 4.24. The van der Waals surface area contributed by atoms with E-state index < -0.39 is 5.97 Å². The summed E-state index contributed by atoms with van der Waals surface area (Å²) in [6, 6.07) is 7.72. The molecule has 10 heteroatoms. The van der Waals surface area contributed by atoms with Crippen molar-refractivity contribution in [3.63, 3.8) is 0 Å². The van der Waals surface area contributed by atoms with Gasteiger partial charge in [0, 0.05) is 30.0 Å². The molecule has 1 aromatic carbocycles. The van der Waals surface area contributed by atoms with E-state index >= 15 is 0 Å². The van der Waals surface area contributed by atoms with Gasteiger partial charge in [-0.15, -0.1) is 0 Å². The maximum atomic E-state index is 11.1. The van der Waals surface area contributed by atoms with Crippen LogP contribution in [0.1, 0.15) is 45.0 Å². The minimum atomic E-state index is -0.955. The van der Waals surface area contributed by atoms with Gasteiger partial charge < -0.3 is 14.6 Å². The molecule has 182 valence electrons. The van der Waals surface area contributed by atoms with Crippen LogP contribution in [0, 0.1) is 6.92 Å². The maximum Gasteiger partial charge on any atom is 0.325 e. The van der Waals surface area contributed by atoms with Gasteiger partial charge in [0.1, 0.15) is 18.0 Å². The molecule has 1 saturated heterocycles. The van der Waals surface area contributed by atoms with Crippen LogP contribution in [0.15, 0.2) is 36.7 Å². The third-order valence-corrected chi connectivity index (χ3v) is 5.86. The average molecular weight is 477 g/mol. The summed E-state index contributed by atoms with van der Waals surface area (Å²) in [6.45, 7) is 6.30. The van der Waals surface area contributed by atoms with Crippen molar-refractivity contribution < 1.29 is 19.4 Å². The van der Waals surface area contributed by atoms with E-state index in [1.807, 2.05) is 43.7 Å². The van der Waals surface area contributed by atoms with Crippen molar-refractivity contribution in [3.8, 4) is 28.5 Å². The van der Waals surface area contributed by atoms with Gasteiger partial charge in [0.15, 0.2) is 12.1 Å². The standard InChI is InChI=1S/C25H28N6O4/c1-15(2)35-17-7-8-21-18(12-17)24(29-31(21)22-6-4-5-11-34-22)25-26-10-9-20(27-25)19-13-30(14-23(32)33)28-16(19)3/h7-10,12-13,15,22H,4-6,11,14H2,1-3H3,(H,32,33). The second-order valence-electron chi connectivity index (χ2n) is 8.94. The lowest BCUT2D eigenvalue weighted by Gasteiger charge is -2.23. The van der Waals surface area contributed by atoms with Gasteiger partial charge in [-0.2, -0.15) is 10.2 Å². The Morgan fingerprint density at radius 1 is 1.26 bits per heavy atom. The third kappa shape index (κ3) is 4.74. The fourth-order valence-electron chi connectivity index (χ4n) is 4.38. The van der Waals surface area contributed by atoms with Crippen LogP contribution in [0.5, 0.6) is 5.75 Å². The highest BCUT2D eigenvalue weighted by atomic mass is 16.5. The molecular formula is C25H28N6O4. The summed E-state index contributed by atoms with van der Waals surface area (Å²) in [5, 5.41) is 19.2. The van der Waals surface area contributed by atoms with E-state index in [-0.39, 0.29) is 18.9 Å². The molecule has 0 spiro atoms. The molecule has 0 radical (unpaired) electrons. The highest BCUT2D eigenvalue weighted by molar-refractivity contribution is 5.93. The first-order chi connectivity index (χ1) is 16.9. The fourth-order valence-corrected chi connectivity index (χ4v) is 4.38. The van der Waals surface area contributed by atoms with Crippen LogP contribution in [0.3, 0.4) is 0 Å². The number of aliphatic carboxylic acids is 1. The average Bonchev–Trinajstić information content (AvgIpc) is 3.39.